The van der Waals surface area contributed by atoms with Crippen molar-refractivity contribution in [3.05, 3.63) is 54.4 Å². The molecule has 1 heterocycles. The van der Waals surface area contributed by atoms with Gasteiger partial charge in [0.25, 0.3) is 5.91 Å². The molecule has 0 fully saturated rings. The Labute approximate surface area is 102 Å². The molecule has 0 atom stereocenters. The first kappa shape index (κ1) is 10.5. The minimum atomic E-state index is -0.340. The van der Waals surface area contributed by atoms with Crippen molar-refractivity contribution in [2.45, 2.75) is 0 Å². The van der Waals surface area contributed by atoms with Gasteiger partial charge < -0.3 is 5.32 Å². The van der Waals surface area contributed by atoms with Crippen LogP contribution in [-0.2, 0) is 0 Å². The summed E-state index contributed by atoms with van der Waals surface area (Å²) in [6, 6.07) is 13.5. The Morgan fingerprint density at radius 3 is 2.78 bits per heavy atom. The highest BCUT2D eigenvalue weighted by atomic mass is 16.6. The molecule has 3 rings (SSSR count). The van der Waals surface area contributed by atoms with E-state index in [1.807, 2.05) is 42.5 Å². The van der Waals surface area contributed by atoms with Crippen LogP contribution >= 0.6 is 0 Å². The van der Waals surface area contributed by atoms with E-state index in [4.69, 9.17) is 0 Å². The van der Waals surface area contributed by atoms with Crippen LogP contribution in [0.5, 0.6) is 0 Å². The average molecular weight is 239 g/mol. The average Bonchev–Trinajstić information content (AvgIpc) is 2.93. The zero-order chi connectivity index (χ0) is 12.4. The molecule has 2 aromatic carbocycles. The summed E-state index contributed by atoms with van der Waals surface area (Å²) in [5.74, 6) is -0.340. The highest BCUT2D eigenvalue weighted by molar-refractivity contribution is 6.07. The van der Waals surface area contributed by atoms with Gasteiger partial charge in [-0.2, -0.15) is 0 Å². The number of rotatable bonds is 2. The van der Waals surface area contributed by atoms with Crippen LogP contribution in [0.2, 0.25) is 0 Å². The van der Waals surface area contributed by atoms with Crippen LogP contribution in [0.4, 0.5) is 5.69 Å². The fourth-order valence-corrected chi connectivity index (χ4v) is 1.79. The largest absolute Gasteiger partial charge is 0.320 e. The number of anilines is 1. The van der Waals surface area contributed by atoms with Crippen molar-refractivity contribution < 1.29 is 9.42 Å². The van der Waals surface area contributed by atoms with Crippen LogP contribution in [0.15, 0.2) is 53.3 Å². The first-order valence-corrected chi connectivity index (χ1v) is 5.41. The molecule has 5 heteroatoms. The van der Waals surface area contributed by atoms with E-state index in [1.165, 1.54) is 6.20 Å². The molecule has 1 N–H and O–H groups in total. The normalized spacial score (nSPS) is 10.4. The Morgan fingerprint density at radius 2 is 1.94 bits per heavy atom. The molecule has 1 aromatic heterocycles. The Morgan fingerprint density at radius 1 is 1.11 bits per heavy atom. The summed E-state index contributed by atoms with van der Waals surface area (Å²) in [5, 5.41) is 11.7. The van der Waals surface area contributed by atoms with E-state index >= 15 is 0 Å². The summed E-state index contributed by atoms with van der Waals surface area (Å²) in [6.45, 7) is 0. The van der Waals surface area contributed by atoms with Gasteiger partial charge in [0.2, 0.25) is 0 Å². The second kappa shape index (κ2) is 4.29. The number of hydrogen-bond acceptors (Lipinski definition) is 4. The van der Waals surface area contributed by atoms with Gasteiger partial charge in [-0.25, -0.2) is 4.63 Å². The maximum atomic E-state index is 11.8. The Kier molecular flexibility index (Phi) is 2.49. The van der Waals surface area contributed by atoms with Crippen LogP contribution < -0.4 is 5.32 Å². The van der Waals surface area contributed by atoms with Crippen molar-refractivity contribution in [1.82, 2.24) is 10.3 Å². The molecule has 0 aliphatic rings. The van der Waals surface area contributed by atoms with Crippen LogP contribution in [0.1, 0.15) is 10.5 Å². The van der Waals surface area contributed by atoms with Gasteiger partial charge in [-0.05, 0) is 16.6 Å². The summed E-state index contributed by atoms with van der Waals surface area (Å²) in [4.78, 5) is 11.8. The molecular formula is C13H9N3O2. The Hall–Kier alpha value is -2.69. The zero-order valence-electron chi connectivity index (χ0n) is 9.33. The van der Waals surface area contributed by atoms with E-state index in [0.717, 1.165) is 16.5 Å². The Balaban J connectivity index is 1.98. The van der Waals surface area contributed by atoms with E-state index in [-0.39, 0.29) is 11.6 Å². The number of hydrogen-bond donors (Lipinski definition) is 1. The van der Waals surface area contributed by atoms with Crippen LogP contribution in [0.3, 0.4) is 0 Å². The quantitative estimate of drug-likeness (QED) is 0.745. The summed E-state index contributed by atoms with van der Waals surface area (Å²) in [6.07, 6.45) is 1.28. The molecule has 1 amide bonds. The van der Waals surface area contributed by atoms with Gasteiger partial charge in [0, 0.05) is 11.1 Å². The topological polar surface area (TPSA) is 68.0 Å². The molecule has 5 nitrogen and oxygen atoms in total. The molecule has 0 unspecified atom stereocenters. The van der Waals surface area contributed by atoms with E-state index < -0.39 is 0 Å². The summed E-state index contributed by atoms with van der Waals surface area (Å²) >= 11 is 0. The van der Waals surface area contributed by atoms with Gasteiger partial charge in [0.15, 0.2) is 5.69 Å². The summed E-state index contributed by atoms with van der Waals surface area (Å²) < 4.78 is 4.40. The van der Waals surface area contributed by atoms with E-state index in [1.54, 1.807) is 0 Å². The number of nitrogens with zero attached hydrogens (tertiary/aromatic N) is 2. The molecule has 0 bridgehead atoms. The number of fused-ring (bicyclic) bond motifs is 1. The van der Waals surface area contributed by atoms with E-state index in [2.05, 4.69) is 20.3 Å². The summed E-state index contributed by atoms with van der Waals surface area (Å²) in [7, 11) is 0. The van der Waals surface area contributed by atoms with Crippen molar-refractivity contribution in [3.63, 3.8) is 0 Å². The van der Waals surface area contributed by atoms with Gasteiger partial charge in [0.1, 0.15) is 6.20 Å². The van der Waals surface area contributed by atoms with Gasteiger partial charge in [-0.1, -0.05) is 41.6 Å². The number of aromatic nitrogens is 2. The third kappa shape index (κ3) is 1.82. The minimum absolute atomic E-state index is 0.155. The predicted octanol–water partition coefficient (Wildman–Crippen LogP) is 2.48. The van der Waals surface area contributed by atoms with Crippen molar-refractivity contribution in [3.8, 4) is 0 Å². The third-order valence-corrected chi connectivity index (χ3v) is 2.63. The first-order chi connectivity index (χ1) is 8.84. The molecule has 0 radical (unpaired) electrons. The highest BCUT2D eigenvalue weighted by Gasteiger charge is 2.11. The van der Waals surface area contributed by atoms with Crippen LogP contribution in [0, 0.1) is 0 Å². The monoisotopic (exact) mass is 239 g/mol. The van der Waals surface area contributed by atoms with Gasteiger partial charge in [0.05, 0.1) is 0 Å². The zero-order valence-corrected chi connectivity index (χ0v) is 9.33. The van der Waals surface area contributed by atoms with Crippen molar-refractivity contribution in [1.29, 1.82) is 0 Å². The molecule has 0 saturated carbocycles. The molecule has 0 saturated heterocycles. The molecule has 3 aromatic rings. The van der Waals surface area contributed by atoms with Gasteiger partial charge in [-0.3, -0.25) is 4.79 Å². The number of nitrogens with one attached hydrogen (secondary N) is 1. The first-order valence-electron chi connectivity index (χ1n) is 5.41. The molecule has 0 aliphatic carbocycles. The number of carbonyl (C=O) groups is 1. The Bertz CT molecular complexity index is 687. The third-order valence-electron chi connectivity index (χ3n) is 2.63. The van der Waals surface area contributed by atoms with Gasteiger partial charge in [-0.15, -0.1) is 0 Å². The SMILES string of the molecule is O=C(Nc1cccc2ccccc12)c1cnon1. The smallest absolute Gasteiger partial charge is 0.279 e. The molecule has 0 aliphatic heterocycles. The van der Waals surface area contributed by atoms with Crippen molar-refractivity contribution in [2.24, 2.45) is 0 Å². The lowest BCUT2D eigenvalue weighted by molar-refractivity contribution is 0.101. The molecular weight excluding hydrogens is 230 g/mol. The van der Waals surface area contributed by atoms with Gasteiger partial charge >= 0.3 is 0 Å². The number of carbonyl (C=O) groups excluding carboxylic acids is 1. The van der Waals surface area contributed by atoms with Crippen molar-refractivity contribution >= 4 is 22.4 Å². The standard InChI is InChI=1S/C13H9N3O2/c17-13(12-8-14-18-16-12)15-11-7-3-5-9-4-1-2-6-10(9)11/h1-8H,(H,15,17). The second-order valence-corrected chi connectivity index (χ2v) is 3.77. The fourth-order valence-electron chi connectivity index (χ4n) is 1.79. The lowest BCUT2D eigenvalue weighted by Gasteiger charge is -2.06. The molecule has 88 valence electrons. The lowest BCUT2D eigenvalue weighted by atomic mass is 10.1. The number of benzene rings is 2. The van der Waals surface area contributed by atoms with Crippen LogP contribution in [-0.4, -0.2) is 16.2 Å². The summed E-state index contributed by atoms with van der Waals surface area (Å²) in [5.41, 5.74) is 0.893. The number of amides is 1. The van der Waals surface area contributed by atoms with E-state index in [0.29, 0.717) is 0 Å². The van der Waals surface area contributed by atoms with E-state index in [9.17, 15) is 4.79 Å². The maximum absolute atomic E-state index is 11.8. The highest BCUT2D eigenvalue weighted by Crippen LogP contribution is 2.23. The second-order valence-electron chi connectivity index (χ2n) is 3.77. The predicted molar refractivity (Wildman–Crippen MR) is 66.2 cm³/mol. The maximum Gasteiger partial charge on any atom is 0.279 e. The minimum Gasteiger partial charge on any atom is -0.320 e. The lowest BCUT2D eigenvalue weighted by Crippen LogP contribution is -2.12. The van der Waals surface area contributed by atoms with Crippen LogP contribution in [0.25, 0.3) is 10.8 Å². The molecule has 18 heavy (non-hydrogen) atoms. The fraction of sp³-hybridized carbons (Fsp3) is 0. The molecule has 0 spiro atoms. The van der Waals surface area contributed by atoms with Crippen molar-refractivity contribution in [2.75, 3.05) is 5.32 Å².